The molecule has 1 saturated heterocycles. The van der Waals surface area contributed by atoms with Crippen LogP contribution in [0.15, 0.2) is 47.1 Å². The first-order valence-corrected chi connectivity index (χ1v) is 9.59. The molecular formula is C23H26N2O2. The summed E-state index contributed by atoms with van der Waals surface area (Å²) in [6, 6.07) is 12.6. The lowest BCUT2D eigenvalue weighted by Gasteiger charge is -2.36. The van der Waals surface area contributed by atoms with Gasteiger partial charge >= 0.3 is 0 Å². The number of anilines is 1. The normalized spacial score (nSPS) is 14.8. The first-order valence-electron chi connectivity index (χ1n) is 9.59. The van der Waals surface area contributed by atoms with Crippen molar-refractivity contribution in [3.05, 3.63) is 64.9 Å². The maximum atomic E-state index is 12.9. The third-order valence-corrected chi connectivity index (χ3v) is 5.72. The van der Waals surface area contributed by atoms with Crippen LogP contribution in [0.5, 0.6) is 0 Å². The van der Waals surface area contributed by atoms with Crippen LogP contribution in [0.3, 0.4) is 0 Å². The van der Waals surface area contributed by atoms with Gasteiger partial charge in [-0.05, 0) is 49.6 Å². The van der Waals surface area contributed by atoms with Gasteiger partial charge < -0.3 is 14.2 Å². The Labute approximate surface area is 160 Å². The number of piperazine rings is 1. The predicted molar refractivity (Wildman–Crippen MR) is 109 cm³/mol. The van der Waals surface area contributed by atoms with Gasteiger partial charge in [0.05, 0.1) is 12.7 Å². The summed E-state index contributed by atoms with van der Waals surface area (Å²) in [7, 11) is 0. The summed E-state index contributed by atoms with van der Waals surface area (Å²) in [5, 5.41) is 1.11. The minimum absolute atomic E-state index is 0.183. The average Bonchev–Trinajstić information content (AvgIpc) is 3.11. The van der Waals surface area contributed by atoms with E-state index in [2.05, 4.69) is 56.0 Å². The molecule has 0 aliphatic carbocycles. The lowest BCUT2D eigenvalue weighted by Crippen LogP contribution is -2.49. The number of furan rings is 1. The fourth-order valence-corrected chi connectivity index (χ4v) is 4.04. The van der Waals surface area contributed by atoms with E-state index >= 15 is 0 Å². The maximum absolute atomic E-state index is 12.9. The maximum Gasteiger partial charge on any atom is 0.227 e. The number of para-hydroxylation sites is 1. The van der Waals surface area contributed by atoms with Gasteiger partial charge in [-0.3, -0.25) is 4.79 Å². The molecule has 1 aromatic heterocycles. The van der Waals surface area contributed by atoms with Crippen molar-refractivity contribution in [2.45, 2.75) is 27.2 Å². The van der Waals surface area contributed by atoms with Gasteiger partial charge in [0.2, 0.25) is 5.91 Å². The number of hydrogen-bond donors (Lipinski definition) is 0. The molecular weight excluding hydrogens is 336 g/mol. The predicted octanol–water partition coefficient (Wildman–Crippen LogP) is 4.25. The van der Waals surface area contributed by atoms with Gasteiger partial charge in [0.25, 0.3) is 0 Å². The zero-order valence-electron chi connectivity index (χ0n) is 16.3. The molecule has 0 spiro atoms. The monoisotopic (exact) mass is 362 g/mol. The topological polar surface area (TPSA) is 36.7 Å². The highest BCUT2D eigenvalue weighted by Gasteiger charge is 2.23. The molecule has 0 bridgehead atoms. The van der Waals surface area contributed by atoms with Crippen molar-refractivity contribution in [1.29, 1.82) is 0 Å². The van der Waals surface area contributed by atoms with Crippen LogP contribution >= 0.6 is 0 Å². The number of rotatable bonds is 3. The molecule has 0 unspecified atom stereocenters. The van der Waals surface area contributed by atoms with Crippen molar-refractivity contribution in [3.8, 4) is 0 Å². The van der Waals surface area contributed by atoms with Crippen molar-refractivity contribution in [1.82, 2.24) is 4.90 Å². The molecule has 4 rings (SSSR count). The minimum Gasteiger partial charge on any atom is -0.464 e. The Balaban J connectivity index is 1.46. The zero-order valence-corrected chi connectivity index (χ0v) is 16.3. The van der Waals surface area contributed by atoms with E-state index in [1.165, 1.54) is 16.8 Å². The third kappa shape index (κ3) is 3.32. The Kier molecular flexibility index (Phi) is 4.65. The molecule has 1 amide bonds. The van der Waals surface area contributed by atoms with Crippen molar-refractivity contribution in [3.63, 3.8) is 0 Å². The van der Waals surface area contributed by atoms with Crippen LogP contribution in [0.1, 0.15) is 22.3 Å². The van der Waals surface area contributed by atoms with Crippen LogP contribution in [0.4, 0.5) is 5.69 Å². The Morgan fingerprint density at radius 1 is 1.00 bits per heavy atom. The van der Waals surface area contributed by atoms with Crippen LogP contribution in [-0.2, 0) is 11.2 Å². The van der Waals surface area contributed by atoms with Gasteiger partial charge in [-0.1, -0.05) is 24.3 Å². The summed E-state index contributed by atoms with van der Waals surface area (Å²) < 4.78 is 5.83. The van der Waals surface area contributed by atoms with Gasteiger partial charge in [-0.15, -0.1) is 0 Å². The molecule has 27 heavy (non-hydrogen) atoms. The number of aryl methyl sites for hydroxylation is 3. The molecule has 1 fully saturated rings. The zero-order chi connectivity index (χ0) is 19.0. The summed E-state index contributed by atoms with van der Waals surface area (Å²) in [5.74, 6) is 0.183. The number of nitrogens with zero attached hydrogens (tertiary/aromatic N) is 2. The summed E-state index contributed by atoms with van der Waals surface area (Å²) in [5.41, 5.74) is 6.71. The largest absolute Gasteiger partial charge is 0.464 e. The number of amides is 1. The van der Waals surface area contributed by atoms with Crippen molar-refractivity contribution < 1.29 is 9.21 Å². The Hall–Kier alpha value is -2.75. The van der Waals surface area contributed by atoms with Crippen molar-refractivity contribution in [2.24, 2.45) is 0 Å². The van der Waals surface area contributed by atoms with E-state index in [4.69, 9.17) is 4.42 Å². The summed E-state index contributed by atoms with van der Waals surface area (Å²) in [4.78, 5) is 17.2. The first kappa shape index (κ1) is 17.7. The minimum atomic E-state index is 0.183. The van der Waals surface area contributed by atoms with Gasteiger partial charge in [0.1, 0.15) is 5.58 Å². The van der Waals surface area contributed by atoms with Crippen LogP contribution in [-0.4, -0.2) is 37.0 Å². The lowest BCUT2D eigenvalue weighted by molar-refractivity contribution is -0.130. The molecule has 2 aromatic carbocycles. The molecule has 1 aliphatic heterocycles. The number of fused-ring (bicyclic) bond motifs is 1. The van der Waals surface area contributed by atoms with Crippen molar-refractivity contribution >= 4 is 22.6 Å². The van der Waals surface area contributed by atoms with E-state index in [0.29, 0.717) is 6.42 Å². The molecule has 0 atom stereocenters. The molecule has 2 heterocycles. The second kappa shape index (κ2) is 7.10. The highest BCUT2D eigenvalue weighted by molar-refractivity contribution is 5.92. The van der Waals surface area contributed by atoms with Crippen LogP contribution in [0.2, 0.25) is 0 Å². The van der Waals surface area contributed by atoms with E-state index in [1.54, 1.807) is 6.26 Å². The molecule has 4 heteroatoms. The number of carbonyl (C=O) groups is 1. The Morgan fingerprint density at radius 3 is 2.41 bits per heavy atom. The second-order valence-corrected chi connectivity index (χ2v) is 7.48. The van der Waals surface area contributed by atoms with Gasteiger partial charge in [-0.2, -0.15) is 0 Å². The molecule has 0 N–H and O–H groups in total. The highest BCUT2D eigenvalue weighted by Crippen LogP contribution is 2.30. The van der Waals surface area contributed by atoms with Crippen LogP contribution < -0.4 is 4.90 Å². The van der Waals surface area contributed by atoms with Crippen molar-refractivity contribution in [2.75, 3.05) is 31.1 Å². The van der Waals surface area contributed by atoms with Crippen LogP contribution in [0.25, 0.3) is 11.0 Å². The second-order valence-electron chi connectivity index (χ2n) is 7.48. The number of hydrogen-bond acceptors (Lipinski definition) is 3. The number of benzene rings is 2. The fourth-order valence-electron chi connectivity index (χ4n) is 4.04. The quantitative estimate of drug-likeness (QED) is 0.699. The van der Waals surface area contributed by atoms with E-state index in [0.717, 1.165) is 48.3 Å². The molecule has 140 valence electrons. The SMILES string of the molecule is Cc1cc(C)c2c(CC(=O)N3CCN(c4ccccc4)CC3)coc2c1C. The van der Waals surface area contributed by atoms with E-state index in [9.17, 15) is 4.79 Å². The first-order chi connectivity index (χ1) is 13.0. The fraction of sp³-hybridized carbons (Fsp3) is 0.348. The number of carbonyl (C=O) groups excluding carboxylic acids is 1. The highest BCUT2D eigenvalue weighted by atomic mass is 16.3. The van der Waals surface area contributed by atoms with E-state index < -0.39 is 0 Å². The average molecular weight is 362 g/mol. The Morgan fingerprint density at radius 2 is 1.70 bits per heavy atom. The van der Waals surface area contributed by atoms with Crippen LogP contribution in [0, 0.1) is 20.8 Å². The van der Waals surface area contributed by atoms with Gasteiger partial charge in [0, 0.05) is 42.8 Å². The summed E-state index contributed by atoms with van der Waals surface area (Å²) in [6.45, 7) is 9.55. The third-order valence-electron chi connectivity index (χ3n) is 5.72. The van der Waals surface area contributed by atoms with Gasteiger partial charge in [-0.25, -0.2) is 0 Å². The lowest BCUT2D eigenvalue weighted by atomic mass is 9.98. The summed E-state index contributed by atoms with van der Waals surface area (Å²) in [6.07, 6.45) is 2.17. The Bertz CT molecular complexity index is 967. The molecule has 1 aliphatic rings. The molecule has 0 radical (unpaired) electrons. The van der Waals surface area contributed by atoms with E-state index in [-0.39, 0.29) is 5.91 Å². The summed E-state index contributed by atoms with van der Waals surface area (Å²) >= 11 is 0. The smallest absolute Gasteiger partial charge is 0.227 e. The van der Waals surface area contributed by atoms with E-state index in [1.807, 2.05) is 11.0 Å². The molecule has 4 nitrogen and oxygen atoms in total. The molecule has 0 saturated carbocycles. The standard InChI is InChI=1S/C23H26N2O2/c1-16-13-17(2)22-19(15-27-23(22)18(16)3)14-21(26)25-11-9-24(10-12-25)20-7-5-4-6-8-20/h4-8,13,15H,9-12,14H2,1-3H3. The molecule has 3 aromatic rings. The van der Waals surface area contributed by atoms with Gasteiger partial charge in [0.15, 0.2) is 0 Å².